The molecule has 2 aliphatic rings. The normalized spacial score (nSPS) is 39.6. The van der Waals surface area contributed by atoms with E-state index < -0.39 is 0 Å². The van der Waals surface area contributed by atoms with Crippen LogP contribution in [0.25, 0.3) is 0 Å². The van der Waals surface area contributed by atoms with Crippen LogP contribution in [-0.2, 0) is 4.79 Å². The summed E-state index contributed by atoms with van der Waals surface area (Å²) in [6.07, 6.45) is 6.68. The highest BCUT2D eigenvalue weighted by Gasteiger charge is 2.38. The molecule has 0 aliphatic heterocycles. The molecule has 0 aromatic carbocycles. The smallest absolute Gasteiger partial charge is 0.224 e. The molecular weight excluding hydrogens is 224 g/mol. The van der Waals surface area contributed by atoms with Gasteiger partial charge in [0.25, 0.3) is 0 Å². The lowest BCUT2D eigenvalue weighted by atomic mass is 9.78. The van der Waals surface area contributed by atoms with Gasteiger partial charge in [0.15, 0.2) is 0 Å². The van der Waals surface area contributed by atoms with Crippen LogP contribution in [0.1, 0.15) is 59.3 Å². The van der Waals surface area contributed by atoms with Crippen LogP contribution >= 0.6 is 0 Å². The second-order valence-corrected chi connectivity index (χ2v) is 7.13. The van der Waals surface area contributed by atoms with Gasteiger partial charge in [0.05, 0.1) is 5.92 Å². The van der Waals surface area contributed by atoms with Crippen molar-refractivity contribution in [2.24, 2.45) is 23.0 Å². The molecule has 0 radical (unpaired) electrons. The molecule has 2 rings (SSSR count). The van der Waals surface area contributed by atoms with Gasteiger partial charge >= 0.3 is 0 Å². The molecule has 3 N–H and O–H groups in total. The Balaban J connectivity index is 1.94. The molecule has 3 heteroatoms. The highest BCUT2D eigenvalue weighted by atomic mass is 16.2. The van der Waals surface area contributed by atoms with E-state index in [4.69, 9.17) is 5.73 Å². The van der Waals surface area contributed by atoms with E-state index >= 15 is 0 Å². The minimum absolute atomic E-state index is 0.0325. The lowest BCUT2D eigenvalue weighted by Crippen LogP contribution is -2.50. The molecule has 3 nitrogen and oxygen atoms in total. The maximum absolute atomic E-state index is 12.4. The second kappa shape index (κ2) is 5.20. The Morgan fingerprint density at radius 2 is 2.00 bits per heavy atom. The Morgan fingerprint density at radius 1 is 1.28 bits per heavy atom. The zero-order chi connectivity index (χ0) is 13.3. The van der Waals surface area contributed by atoms with Crippen molar-refractivity contribution in [2.75, 3.05) is 0 Å². The van der Waals surface area contributed by atoms with E-state index in [-0.39, 0.29) is 23.3 Å². The summed E-state index contributed by atoms with van der Waals surface area (Å²) in [5, 5.41) is 3.27. The van der Waals surface area contributed by atoms with Gasteiger partial charge < -0.3 is 11.1 Å². The highest BCUT2D eigenvalue weighted by molar-refractivity contribution is 5.80. The fourth-order valence-corrected chi connectivity index (χ4v) is 3.58. The number of nitrogens with one attached hydrogen (secondary N) is 1. The van der Waals surface area contributed by atoms with Crippen LogP contribution in [0.5, 0.6) is 0 Å². The summed E-state index contributed by atoms with van der Waals surface area (Å²) in [6, 6.07) is 0.403. The topological polar surface area (TPSA) is 55.1 Å². The number of carbonyl (C=O) groups is 1. The molecule has 2 aliphatic carbocycles. The Hall–Kier alpha value is -0.570. The quantitative estimate of drug-likeness (QED) is 0.793. The number of amides is 1. The summed E-state index contributed by atoms with van der Waals surface area (Å²) in [4.78, 5) is 12.4. The minimum atomic E-state index is 0.0325. The summed E-state index contributed by atoms with van der Waals surface area (Å²) in [5.74, 6) is 0.872. The van der Waals surface area contributed by atoms with Crippen LogP contribution in [-0.4, -0.2) is 18.0 Å². The summed E-state index contributed by atoms with van der Waals surface area (Å²) in [7, 11) is 0. The third-order valence-electron chi connectivity index (χ3n) is 5.08. The lowest BCUT2D eigenvalue weighted by molar-refractivity contribution is -0.128. The number of carbonyl (C=O) groups excluding carboxylic acids is 1. The Kier molecular flexibility index (Phi) is 4.00. The minimum Gasteiger partial charge on any atom is -0.353 e. The average Bonchev–Trinajstić information content (AvgIpc) is 2.62. The van der Waals surface area contributed by atoms with Gasteiger partial charge in [-0.05, 0) is 43.4 Å². The van der Waals surface area contributed by atoms with E-state index in [2.05, 4.69) is 26.1 Å². The van der Waals surface area contributed by atoms with Crippen molar-refractivity contribution in [3.05, 3.63) is 0 Å². The average molecular weight is 252 g/mol. The van der Waals surface area contributed by atoms with Crippen molar-refractivity contribution in [2.45, 2.75) is 71.4 Å². The van der Waals surface area contributed by atoms with E-state index in [0.29, 0.717) is 12.0 Å². The van der Waals surface area contributed by atoms with Gasteiger partial charge in [-0.2, -0.15) is 0 Å². The second-order valence-electron chi connectivity index (χ2n) is 7.13. The van der Waals surface area contributed by atoms with Gasteiger partial charge in [-0.3, -0.25) is 4.79 Å². The van der Waals surface area contributed by atoms with Crippen molar-refractivity contribution in [1.29, 1.82) is 0 Å². The zero-order valence-electron chi connectivity index (χ0n) is 12.0. The summed E-state index contributed by atoms with van der Waals surface area (Å²) in [5.41, 5.74) is 6.37. The molecule has 0 saturated heterocycles. The fraction of sp³-hybridized carbons (Fsp3) is 0.933. The predicted octanol–water partition coefficient (Wildman–Crippen LogP) is 2.44. The molecule has 104 valence electrons. The summed E-state index contributed by atoms with van der Waals surface area (Å²) >= 11 is 0. The predicted molar refractivity (Wildman–Crippen MR) is 74.0 cm³/mol. The van der Waals surface area contributed by atoms with Gasteiger partial charge in [0.1, 0.15) is 0 Å². The molecule has 1 amide bonds. The van der Waals surface area contributed by atoms with E-state index in [1.165, 1.54) is 19.3 Å². The third-order valence-corrected chi connectivity index (χ3v) is 5.08. The van der Waals surface area contributed by atoms with Gasteiger partial charge in [-0.1, -0.05) is 27.2 Å². The van der Waals surface area contributed by atoms with E-state index in [1.807, 2.05) is 0 Å². The third kappa shape index (κ3) is 2.87. The van der Waals surface area contributed by atoms with Gasteiger partial charge in [0, 0.05) is 12.1 Å². The highest BCUT2D eigenvalue weighted by Crippen LogP contribution is 2.37. The number of hydrogen-bond acceptors (Lipinski definition) is 2. The van der Waals surface area contributed by atoms with Gasteiger partial charge in [0.2, 0.25) is 5.91 Å². The Bertz CT molecular complexity index is 314. The monoisotopic (exact) mass is 252 g/mol. The molecule has 4 atom stereocenters. The lowest BCUT2D eigenvalue weighted by Gasteiger charge is -2.34. The van der Waals surface area contributed by atoms with Crippen molar-refractivity contribution in [3.8, 4) is 0 Å². The molecular formula is C15H28N2O. The maximum Gasteiger partial charge on any atom is 0.224 e. The van der Waals surface area contributed by atoms with Crippen LogP contribution in [0.2, 0.25) is 0 Å². The Morgan fingerprint density at radius 3 is 2.61 bits per heavy atom. The first-order chi connectivity index (χ1) is 8.40. The molecule has 0 heterocycles. The molecule has 2 saturated carbocycles. The molecule has 2 fully saturated rings. The van der Waals surface area contributed by atoms with Crippen molar-refractivity contribution in [1.82, 2.24) is 5.32 Å². The van der Waals surface area contributed by atoms with Crippen LogP contribution in [0.4, 0.5) is 0 Å². The molecule has 0 aromatic heterocycles. The zero-order valence-corrected chi connectivity index (χ0v) is 12.0. The van der Waals surface area contributed by atoms with Crippen molar-refractivity contribution in [3.63, 3.8) is 0 Å². The standard InChI is InChI=1S/C15H28N2O/c1-10-6-7-12(16)11(9-10)14(18)17-13-5-4-8-15(13,2)3/h10-13H,4-9,16H2,1-3H3,(H,17,18). The fourth-order valence-electron chi connectivity index (χ4n) is 3.58. The molecule has 18 heavy (non-hydrogen) atoms. The maximum atomic E-state index is 12.4. The molecule has 0 bridgehead atoms. The summed E-state index contributed by atoms with van der Waals surface area (Å²) < 4.78 is 0. The van der Waals surface area contributed by atoms with Crippen LogP contribution in [0, 0.1) is 17.3 Å². The Labute approximate surface area is 111 Å². The van der Waals surface area contributed by atoms with E-state index in [0.717, 1.165) is 19.3 Å². The number of nitrogens with two attached hydrogens (primary N) is 1. The molecule has 4 unspecified atom stereocenters. The number of rotatable bonds is 2. The van der Waals surface area contributed by atoms with Crippen LogP contribution < -0.4 is 11.1 Å². The van der Waals surface area contributed by atoms with E-state index in [1.54, 1.807) is 0 Å². The molecule has 0 aromatic rings. The first kappa shape index (κ1) is 13.9. The van der Waals surface area contributed by atoms with E-state index in [9.17, 15) is 4.79 Å². The number of hydrogen-bond donors (Lipinski definition) is 2. The van der Waals surface area contributed by atoms with Crippen LogP contribution in [0.3, 0.4) is 0 Å². The van der Waals surface area contributed by atoms with Crippen molar-refractivity contribution >= 4 is 5.91 Å². The van der Waals surface area contributed by atoms with Crippen molar-refractivity contribution < 1.29 is 4.79 Å². The van der Waals surface area contributed by atoms with Gasteiger partial charge in [-0.15, -0.1) is 0 Å². The first-order valence-electron chi connectivity index (χ1n) is 7.46. The molecule has 0 spiro atoms. The largest absolute Gasteiger partial charge is 0.353 e. The van der Waals surface area contributed by atoms with Gasteiger partial charge in [-0.25, -0.2) is 0 Å². The first-order valence-corrected chi connectivity index (χ1v) is 7.46. The summed E-state index contributed by atoms with van der Waals surface area (Å²) in [6.45, 7) is 6.74. The van der Waals surface area contributed by atoms with Crippen LogP contribution in [0.15, 0.2) is 0 Å². The SMILES string of the molecule is CC1CCC(N)C(C(=O)NC2CCCC2(C)C)C1.